The smallest absolute Gasteiger partial charge is 0.395 e. The summed E-state index contributed by atoms with van der Waals surface area (Å²) in [6, 6.07) is 14.4. The van der Waals surface area contributed by atoms with Crippen LogP contribution >= 0.6 is 0 Å². The van der Waals surface area contributed by atoms with Crippen LogP contribution in [0.3, 0.4) is 0 Å². The fraction of sp³-hybridized carbons (Fsp3) is 0.222. The van der Waals surface area contributed by atoms with E-state index in [-0.39, 0.29) is 23.6 Å². The van der Waals surface area contributed by atoms with Gasteiger partial charge in [0.15, 0.2) is 23.1 Å². The molecule has 0 bridgehead atoms. The maximum absolute atomic E-state index is 13.6. The monoisotopic (exact) mass is 527 g/mol. The number of alkyl halides is 2. The molecule has 0 radical (unpaired) electrons. The van der Waals surface area contributed by atoms with Gasteiger partial charge in [0.05, 0.1) is 11.4 Å². The summed E-state index contributed by atoms with van der Waals surface area (Å²) < 4.78 is 63.1. The molecule has 7 nitrogen and oxygen atoms in total. The number of amides is 2. The van der Waals surface area contributed by atoms with Crippen molar-refractivity contribution >= 4 is 23.2 Å². The number of aliphatic imine (C=N–C) groups is 1. The van der Waals surface area contributed by atoms with E-state index in [1.807, 2.05) is 0 Å². The fourth-order valence-electron chi connectivity index (χ4n) is 4.33. The Morgan fingerprint density at radius 2 is 1.79 bits per heavy atom. The SMILES string of the molecule is C[C@@H](Cc1ccc(F)c(F)c1)C(=O)N[C@H]1N=C(c2ccc3c(c2)OC(F)(F)O3)c2ccccc2N(C)C1=O. The number of halogens is 4. The van der Waals surface area contributed by atoms with E-state index in [2.05, 4.69) is 19.8 Å². The van der Waals surface area contributed by atoms with Gasteiger partial charge in [-0.3, -0.25) is 9.59 Å². The molecule has 11 heteroatoms. The number of nitrogens with zero attached hydrogens (tertiary/aromatic N) is 2. The van der Waals surface area contributed by atoms with Crippen molar-refractivity contribution < 1.29 is 36.6 Å². The lowest BCUT2D eigenvalue weighted by atomic mass is 9.99. The van der Waals surface area contributed by atoms with Crippen LogP contribution in [0, 0.1) is 17.6 Å². The molecule has 38 heavy (non-hydrogen) atoms. The zero-order chi connectivity index (χ0) is 27.2. The van der Waals surface area contributed by atoms with Gasteiger partial charge in [0.2, 0.25) is 12.1 Å². The number of fused-ring (bicyclic) bond motifs is 2. The Labute approximate surface area is 214 Å². The van der Waals surface area contributed by atoms with Crippen molar-refractivity contribution in [3.63, 3.8) is 0 Å². The van der Waals surface area contributed by atoms with Gasteiger partial charge >= 0.3 is 6.29 Å². The Balaban J connectivity index is 1.47. The molecule has 0 aromatic heterocycles. The van der Waals surface area contributed by atoms with Gasteiger partial charge in [-0.1, -0.05) is 31.2 Å². The van der Waals surface area contributed by atoms with Crippen LogP contribution in [-0.2, 0) is 16.0 Å². The molecule has 2 aliphatic heterocycles. The Hall–Kier alpha value is -4.41. The summed E-state index contributed by atoms with van der Waals surface area (Å²) in [6.07, 6.45) is -5.07. The molecule has 5 rings (SSSR count). The van der Waals surface area contributed by atoms with Crippen LogP contribution in [0.2, 0.25) is 0 Å². The quantitative estimate of drug-likeness (QED) is 0.499. The van der Waals surface area contributed by atoms with Gasteiger partial charge in [-0.2, -0.15) is 0 Å². The van der Waals surface area contributed by atoms with Crippen LogP contribution in [0.25, 0.3) is 0 Å². The molecule has 2 atom stereocenters. The molecule has 2 heterocycles. The average molecular weight is 527 g/mol. The normalized spacial score (nSPS) is 18.4. The highest BCUT2D eigenvalue weighted by atomic mass is 19.3. The van der Waals surface area contributed by atoms with Crippen LogP contribution in [-0.4, -0.2) is 37.0 Å². The molecule has 0 unspecified atom stereocenters. The standard InChI is InChI=1S/C27H21F4N3O4/c1-14(11-15-7-9-18(28)19(29)12-15)25(35)33-24-26(36)34(2)20-6-4-3-5-17(20)23(32-24)16-8-10-21-22(13-16)38-27(30,31)37-21/h3-10,12-14,24H,11H2,1-2H3,(H,33,35)/t14-,24+/m0/s1. The third-order valence-corrected chi connectivity index (χ3v) is 6.27. The van der Waals surface area contributed by atoms with Crippen LogP contribution in [0.1, 0.15) is 23.6 Å². The largest absolute Gasteiger partial charge is 0.586 e. The average Bonchev–Trinajstić information content (AvgIpc) is 3.15. The number of nitrogens with one attached hydrogen (secondary N) is 1. The maximum atomic E-state index is 13.6. The molecule has 1 N–H and O–H groups in total. The third-order valence-electron chi connectivity index (χ3n) is 6.27. The topological polar surface area (TPSA) is 80.2 Å². The van der Waals surface area contributed by atoms with E-state index in [1.165, 1.54) is 36.2 Å². The highest BCUT2D eigenvalue weighted by molar-refractivity contribution is 6.20. The molecular formula is C27H21F4N3O4. The second-order valence-corrected chi connectivity index (χ2v) is 8.99. The Morgan fingerprint density at radius 1 is 1.05 bits per heavy atom. The second kappa shape index (κ2) is 9.47. The van der Waals surface area contributed by atoms with Crippen molar-refractivity contribution in [1.82, 2.24) is 5.32 Å². The molecule has 0 spiro atoms. The Morgan fingerprint density at radius 3 is 2.55 bits per heavy atom. The number of anilines is 1. The number of benzene rings is 3. The minimum atomic E-state index is -3.81. The summed E-state index contributed by atoms with van der Waals surface area (Å²) >= 11 is 0. The Bertz CT molecular complexity index is 1480. The number of hydrogen-bond acceptors (Lipinski definition) is 5. The predicted molar refractivity (Wildman–Crippen MR) is 129 cm³/mol. The summed E-state index contributed by atoms with van der Waals surface area (Å²) in [4.78, 5) is 32.2. The summed E-state index contributed by atoms with van der Waals surface area (Å²) in [5.41, 5.74) is 2.05. The lowest BCUT2D eigenvalue weighted by molar-refractivity contribution is -0.286. The van der Waals surface area contributed by atoms with Crippen molar-refractivity contribution in [2.75, 3.05) is 11.9 Å². The lowest BCUT2D eigenvalue weighted by Gasteiger charge is -2.22. The van der Waals surface area contributed by atoms with Crippen molar-refractivity contribution in [3.8, 4) is 11.5 Å². The molecule has 2 aliphatic rings. The van der Waals surface area contributed by atoms with Gasteiger partial charge < -0.3 is 19.7 Å². The van der Waals surface area contributed by atoms with E-state index in [0.29, 0.717) is 22.4 Å². The molecule has 196 valence electrons. The molecule has 0 aliphatic carbocycles. The summed E-state index contributed by atoms with van der Waals surface area (Å²) in [6.45, 7) is 1.58. The highest BCUT2D eigenvalue weighted by Crippen LogP contribution is 2.42. The van der Waals surface area contributed by atoms with E-state index in [0.717, 1.165) is 12.1 Å². The minimum absolute atomic E-state index is 0.0902. The second-order valence-electron chi connectivity index (χ2n) is 8.99. The molecule has 0 saturated heterocycles. The zero-order valence-electron chi connectivity index (χ0n) is 20.2. The van der Waals surface area contributed by atoms with E-state index in [9.17, 15) is 27.2 Å². The first kappa shape index (κ1) is 25.2. The van der Waals surface area contributed by atoms with Crippen LogP contribution < -0.4 is 19.7 Å². The summed E-state index contributed by atoms with van der Waals surface area (Å²) in [7, 11) is 1.53. The summed E-state index contributed by atoms with van der Waals surface area (Å²) in [5, 5.41) is 2.62. The first-order chi connectivity index (χ1) is 18.0. The molecule has 0 fully saturated rings. The number of rotatable bonds is 5. The molecule has 3 aromatic rings. The predicted octanol–water partition coefficient (Wildman–Crippen LogP) is 4.42. The maximum Gasteiger partial charge on any atom is 0.586 e. The van der Waals surface area contributed by atoms with E-state index >= 15 is 0 Å². The number of hydrogen-bond donors (Lipinski definition) is 1. The number of ether oxygens (including phenoxy) is 2. The summed E-state index contributed by atoms with van der Waals surface area (Å²) in [5.74, 6) is -4.15. The molecule has 3 aromatic carbocycles. The van der Waals surface area contributed by atoms with Crippen LogP contribution in [0.4, 0.5) is 23.2 Å². The number of carbonyl (C=O) groups excluding carboxylic acids is 2. The van der Waals surface area contributed by atoms with Crippen LogP contribution in [0.5, 0.6) is 11.5 Å². The van der Waals surface area contributed by atoms with Crippen molar-refractivity contribution in [1.29, 1.82) is 0 Å². The van der Waals surface area contributed by atoms with Gasteiger partial charge in [0.25, 0.3) is 5.91 Å². The molecule has 0 saturated carbocycles. The first-order valence-corrected chi connectivity index (χ1v) is 11.6. The Kier molecular flexibility index (Phi) is 6.29. The van der Waals surface area contributed by atoms with Gasteiger partial charge in [0, 0.05) is 24.1 Å². The van der Waals surface area contributed by atoms with E-state index in [1.54, 1.807) is 31.2 Å². The number of benzodiazepines with no additional fused rings is 1. The number of para-hydroxylation sites is 1. The van der Waals surface area contributed by atoms with Crippen molar-refractivity contribution in [2.45, 2.75) is 25.8 Å². The highest BCUT2D eigenvalue weighted by Gasteiger charge is 2.43. The number of carbonyl (C=O) groups is 2. The lowest BCUT2D eigenvalue weighted by Crippen LogP contribution is -2.47. The van der Waals surface area contributed by atoms with Crippen molar-refractivity contribution in [2.24, 2.45) is 10.9 Å². The van der Waals surface area contributed by atoms with Gasteiger partial charge in [-0.15, -0.1) is 8.78 Å². The fourth-order valence-corrected chi connectivity index (χ4v) is 4.33. The minimum Gasteiger partial charge on any atom is -0.395 e. The van der Waals surface area contributed by atoms with Crippen molar-refractivity contribution in [3.05, 3.63) is 89.0 Å². The van der Waals surface area contributed by atoms with Gasteiger partial charge in [0.1, 0.15) is 0 Å². The molecular weight excluding hydrogens is 506 g/mol. The van der Waals surface area contributed by atoms with Gasteiger partial charge in [-0.25, -0.2) is 13.8 Å². The van der Waals surface area contributed by atoms with Gasteiger partial charge in [-0.05, 0) is 48.4 Å². The first-order valence-electron chi connectivity index (χ1n) is 11.6. The van der Waals surface area contributed by atoms with E-state index in [4.69, 9.17) is 0 Å². The molecule has 2 amide bonds. The number of likely N-dealkylation sites (N-methyl/N-ethyl adjacent to an activating group) is 1. The van der Waals surface area contributed by atoms with Crippen LogP contribution in [0.15, 0.2) is 65.7 Å². The third kappa shape index (κ3) is 4.79. The zero-order valence-corrected chi connectivity index (χ0v) is 20.2. The van der Waals surface area contributed by atoms with E-state index < -0.39 is 41.8 Å².